The highest BCUT2D eigenvalue weighted by Gasteiger charge is 2.27. The fraction of sp³-hybridized carbons (Fsp3) is 0.500. The topological polar surface area (TPSA) is 58.2 Å². The molecule has 0 radical (unpaired) electrons. The van der Waals surface area contributed by atoms with Crippen LogP contribution in [0.25, 0.3) is 0 Å². The Morgan fingerprint density at radius 3 is 2.62 bits per heavy atom. The van der Waals surface area contributed by atoms with E-state index < -0.39 is 0 Å². The van der Waals surface area contributed by atoms with E-state index in [1.54, 1.807) is 12.1 Å². The number of aromatic nitrogens is 2. The lowest BCUT2D eigenvalue weighted by Crippen LogP contribution is -2.38. The molecule has 1 N–H and O–H groups in total. The van der Waals surface area contributed by atoms with Crippen LogP contribution < -0.4 is 4.74 Å². The third-order valence-corrected chi connectivity index (χ3v) is 5.93. The highest BCUT2D eigenvalue weighted by atomic mass is 35.5. The van der Waals surface area contributed by atoms with Gasteiger partial charge in [-0.1, -0.05) is 11.6 Å². The minimum Gasteiger partial charge on any atom is -0.490 e. The SMILES string of the molecule is Cc1[nH]ncc1C1CCN(C(=O)c2ccc(OC3CCC3)cc2Cl)CC1. The van der Waals surface area contributed by atoms with Gasteiger partial charge in [-0.2, -0.15) is 5.10 Å². The number of nitrogens with one attached hydrogen (secondary N) is 1. The smallest absolute Gasteiger partial charge is 0.255 e. The van der Waals surface area contributed by atoms with Crippen LogP contribution in [-0.2, 0) is 0 Å². The largest absolute Gasteiger partial charge is 0.490 e. The van der Waals surface area contributed by atoms with E-state index in [9.17, 15) is 4.79 Å². The fourth-order valence-electron chi connectivity index (χ4n) is 3.76. The second-order valence-electron chi connectivity index (χ2n) is 7.33. The van der Waals surface area contributed by atoms with Crippen molar-refractivity contribution < 1.29 is 9.53 Å². The van der Waals surface area contributed by atoms with Crippen molar-refractivity contribution >= 4 is 17.5 Å². The highest BCUT2D eigenvalue weighted by Crippen LogP contribution is 2.32. The quantitative estimate of drug-likeness (QED) is 0.868. The number of benzene rings is 1. The van der Waals surface area contributed by atoms with Gasteiger partial charge >= 0.3 is 0 Å². The minimum atomic E-state index is 0.00700. The van der Waals surface area contributed by atoms with Gasteiger partial charge in [0, 0.05) is 18.8 Å². The molecular formula is C20H24ClN3O2. The number of likely N-dealkylation sites (tertiary alicyclic amines) is 1. The molecule has 1 aliphatic carbocycles. The first-order chi connectivity index (χ1) is 12.6. The molecule has 1 saturated carbocycles. The van der Waals surface area contributed by atoms with Crippen molar-refractivity contribution in [3.05, 3.63) is 46.2 Å². The van der Waals surface area contributed by atoms with E-state index in [0.29, 0.717) is 22.6 Å². The Kier molecular flexibility index (Phi) is 4.90. The molecule has 1 aromatic carbocycles. The van der Waals surface area contributed by atoms with E-state index in [0.717, 1.165) is 50.2 Å². The number of amides is 1. The molecule has 2 aromatic rings. The van der Waals surface area contributed by atoms with E-state index in [1.165, 1.54) is 12.0 Å². The number of hydrogen-bond acceptors (Lipinski definition) is 3. The van der Waals surface area contributed by atoms with Gasteiger partial charge in [0.2, 0.25) is 0 Å². The van der Waals surface area contributed by atoms with E-state index >= 15 is 0 Å². The van der Waals surface area contributed by atoms with Crippen LogP contribution in [0.15, 0.2) is 24.4 Å². The van der Waals surface area contributed by atoms with Gasteiger partial charge in [0.1, 0.15) is 5.75 Å². The summed E-state index contributed by atoms with van der Waals surface area (Å²) in [7, 11) is 0. The summed E-state index contributed by atoms with van der Waals surface area (Å²) in [6.45, 7) is 3.53. The zero-order valence-electron chi connectivity index (χ0n) is 15.0. The first-order valence-corrected chi connectivity index (χ1v) is 9.75. The molecule has 1 amide bonds. The number of carbonyl (C=O) groups excluding carboxylic acids is 1. The summed E-state index contributed by atoms with van der Waals surface area (Å²) in [5, 5.41) is 7.59. The van der Waals surface area contributed by atoms with Gasteiger partial charge in [0.25, 0.3) is 5.91 Å². The van der Waals surface area contributed by atoms with Gasteiger partial charge in [-0.3, -0.25) is 9.89 Å². The summed E-state index contributed by atoms with van der Waals surface area (Å²) in [5.74, 6) is 1.23. The Balaban J connectivity index is 1.39. The lowest BCUT2D eigenvalue weighted by atomic mass is 9.89. The third kappa shape index (κ3) is 3.45. The van der Waals surface area contributed by atoms with Crippen molar-refractivity contribution in [2.45, 2.75) is 51.0 Å². The van der Waals surface area contributed by atoms with Crippen molar-refractivity contribution in [3.8, 4) is 5.75 Å². The van der Waals surface area contributed by atoms with Gasteiger partial charge in [-0.05, 0) is 68.7 Å². The van der Waals surface area contributed by atoms with E-state index in [-0.39, 0.29) is 5.91 Å². The van der Waals surface area contributed by atoms with Crippen LogP contribution in [0.1, 0.15) is 59.6 Å². The van der Waals surface area contributed by atoms with Crippen LogP contribution in [0.3, 0.4) is 0 Å². The maximum Gasteiger partial charge on any atom is 0.255 e. The molecular weight excluding hydrogens is 350 g/mol. The van der Waals surface area contributed by atoms with E-state index in [2.05, 4.69) is 10.2 Å². The van der Waals surface area contributed by atoms with Crippen LogP contribution in [-0.4, -0.2) is 40.2 Å². The first kappa shape index (κ1) is 17.4. The van der Waals surface area contributed by atoms with E-state index in [1.807, 2.05) is 24.1 Å². The van der Waals surface area contributed by atoms with Crippen LogP contribution in [0, 0.1) is 6.92 Å². The van der Waals surface area contributed by atoms with Gasteiger partial charge in [-0.15, -0.1) is 0 Å². The summed E-state index contributed by atoms with van der Waals surface area (Å²) < 4.78 is 5.86. The minimum absolute atomic E-state index is 0.00700. The molecule has 0 atom stereocenters. The fourth-order valence-corrected chi connectivity index (χ4v) is 4.01. The summed E-state index contributed by atoms with van der Waals surface area (Å²) in [6.07, 6.45) is 7.54. The Morgan fingerprint density at radius 1 is 1.27 bits per heavy atom. The Morgan fingerprint density at radius 2 is 2.04 bits per heavy atom. The summed E-state index contributed by atoms with van der Waals surface area (Å²) >= 11 is 6.38. The second kappa shape index (κ2) is 7.31. The molecule has 2 aliphatic rings. The maximum absolute atomic E-state index is 12.9. The molecule has 0 unspecified atom stereocenters. The van der Waals surface area contributed by atoms with Gasteiger partial charge in [-0.25, -0.2) is 0 Å². The molecule has 2 heterocycles. The average molecular weight is 374 g/mol. The molecule has 4 rings (SSSR count). The number of halogens is 1. The van der Waals surface area contributed by atoms with Crippen LogP contribution >= 0.6 is 11.6 Å². The number of nitrogens with zero attached hydrogens (tertiary/aromatic N) is 2. The molecule has 1 saturated heterocycles. The Labute approximate surface area is 158 Å². The predicted octanol–water partition coefficient (Wildman–Crippen LogP) is 4.32. The van der Waals surface area contributed by atoms with Crippen LogP contribution in [0.2, 0.25) is 5.02 Å². The van der Waals surface area contributed by atoms with Crippen molar-refractivity contribution in [3.63, 3.8) is 0 Å². The molecule has 0 bridgehead atoms. The number of carbonyl (C=O) groups is 1. The van der Waals surface area contributed by atoms with Crippen molar-refractivity contribution in [1.29, 1.82) is 0 Å². The predicted molar refractivity (Wildman–Crippen MR) is 101 cm³/mol. The number of piperidine rings is 1. The molecule has 26 heavy (non-hydrogen) atoms. The zero-order valence-corrected chi connectivity index (χ0v) is 15.8. The van der Waals surface area contributed by atoms with Crippen molar-refractivity contribution in [2.24, 2.45) is 0 Å². The Bertz CT molecular complexity index is 792. The molecule has 0 spiro atoms. The normalized spacial score (nSPS) is 18.6. The van der Waals surface area contributed by atoms with Crippen molar-refractivity contribution in [2.75, 3.05) is 13.1 Å². The van der Waals surface area contributed by atoms with Crippen LogP contribution in [0.4, 0.5) is 0 Å². The molecule has 138 valence electrons. The molecule has 1 aliphatic heterocycles. The van der Waals surface area contributed by atoms with Gasteiger partial charge < -0.3 is 9.64 Å². The average Bonchev–Trinajstić information content (AvgIpc) is 3.04. The number of aromatic amines is 1. The summed E-state index contributed by atoms with van der Waals surface area (Å²) in [4.78, 5) is 14.8. The first-order valence-electron chi connectivity index (χ1n) is 9.37. The second-order valence-corrected chi connectivity index (χ2v) is 7.74. The van der Waals surface area contributed by atoms with E-state index in [4.69, 9.17) is 16.3 Å². The monoisotopic (exact) mass is 373 g/mol. The number of rotatable bonds is 4. The molecule has 6 heteroatoms. The third-order valence-electron chi connectivity index (χ3n) is 5.62. The standard InChI is InChI=1S/C20H24ClN3O2/c1-13-18(12-22-23-13)14-7-9-24(10-8-14)20(25)17-6-5-16(11-19(17)21)26-15-3-2-4-15/h5-6,11-12,14-15H,2-4,7-10H2,1H3,(H,22,23). The lowest BCUT2D eigenvalue weighted by molar-refractivity contribution is 0.0713. The van der Waals surface area contributed by atoms with Crippen LogP contribution in [0.5, 0.6) is 5.75 Å². The highest BCUT2D eigenvalue weighted by molar-refractivity contribution is 6.34. The Hall–Kier alpha value is -2.01. The molecule has 2 fully saturated rings. The van der Waals surface area contributed by atoms with Crippen molar-refractivity contribution in [1.82, 2.24) is 15.1 Å². The van der Waals surface area contributed by atoms with Gasteiger partial charge in [0.15, 0.2) is 0 Å². The summed E-state index contributed by atoms with van der Waals surface area (Å²) in [6, 6.07) is 5.43. The zero-order chi connectivity index (χ0) is 18.1. The number of ether oxygens (including phenoxy) is 1. The number of hydrogen-bond donors (Lipinski definition) is 1. The molecule has 5 nitrogen and oxygen atoms in total. The summed E-state index contributed by atoms with van der Waals surface area (Å²) in [5.41, 5.74) is 2.96. The molecule has 1 aromatic heterocycles. The number of aryl methyl sites for hydroxylation is 1. The maximum atomic E-state index is 12.9. The number of H-pyrrole nitrogens is 1. The van der Waals surface area contributed by atoms with Gasteiger partial charge in [0.05, 0.1) is 22.9 Å². The lowest BCUT2D eigenvalue weighted by Gasteiger charge is -2.32.